The summed E-state index contributed by atoms with van der Waals surface area (Å²) >= 11 is 7.59. The van der Waals surface area contributed by atoms with Crippen molar-refractivity contribution in [1.82, 2.24) is 4.98 Å². The second-order valence-electron chi connectivity index (χ2n) is 10.5. The maximum Gasteiger partial charge on any atom is 0.341 e. The molecule has 0 spiro atoms. The Morgan fingerprint density at radius 3 is 2.61 bits per heavy atom. The van der Waals surface area contributed by atoms with E-state index in [0.29, 0.717) is 38.3 Å². The number of carbonyl (C=O) groups excluding carboxylic acids is 2. The van der Waals surface area contributed by atoms with E-state index in [1.807, 2.05) is 36.4 Å². The van der Waals surface area contributed by atoms with Crippen molar-refractivity contribution in [2.45, 2.75) is 46.5 Å². The summed E-state index contributed by atoms with van der Waals surface area (Å²) in [5.41, 5.74) is 4.46. The van der Waals surface area contributed by atoms with E-state index in [0.717, 1.165) is 42.2 Å². The first-order valence-corrected chi connectivity index (χ1v) is 14.1. The predicted molar refractivity (Wildman–Crippen MR) is 155 cm³/mol. The number of nitrogens with one attached hydrogen (secondary N) is 1. The molecule has 1 unspecified atom stereocenters. The van der Waals surface area contributed by atoms with Gasteiger partial charge in [-0.05, 0) is 60.4 Å². The standard InChI is InChI=1S/C31H31ClN2O3S/c1-5-31(2,3)19-12-15-22-26(16-19)38-29(27(22)30(36)37-4)34-28(35)23-17-25(18-10-13-20(32)14-11-18)33-24-9-7-6-8-21(23)24/h6-11,13-14,17,19H,5,12,15-16H2,1-4H3,(H,34,35). The van der Waals surface area contributed by atoms with Gasteiger partial charge in [0, 0.05) is 20.8 Å². The highest BCUT2D eigenvalue weighted by Gasteiger charge is 2.35. The number of nitrogens with zero attached hydrogens (tertiary/aromatic N) is 1. The number of benzene rings is 2. The van der Waals surface area contributed by atoms with Crippen molar-refractivity contribution in [3.05, 3.63) is 81.2 Å². The van der Waals surface area contributed by atoms with Gasteiger partial charge in [-0.2, -0.15) is 0 Å². The van der Waals surface area contributed by atoms with Crippen molar-refractivity contribution in [2.75, 3.05) is 12.4 Å². The molecule has 1 N–H and O–H groups in total. The second kappa shape index (κ2) is 10.5. The van der Waals surface area contributed by atoms with E-state index < -0.39 is 5.97 Å². The summed E-state index contributed by atoms with van der Waals surface area (Å²) in [6, 6.07) is 16.8. The number of anilines is 1. The molecule has 0 bridgehead atoms. The van der Waals surface area contributed by atoms with Crippen LogP contribution in [0, 0.1) is 11.3 Å². The molecule has 1 amide bonds. The molecule has 0 radical (unpaired) electrons. The largest absolute Gasteiger partial charge is 0.465 e. The van der Waals surface area contributed by atoms with Gasteiger partial charge in [0.25, 0.3) is 5.91 Å². The van der Waals surface area contributed by atoms with Gasteiger partial charge < -0.3 is 10.1 Å². The molecular formula is C31H31ClN2O3S. The fourth-order valence-electron chi connectivity index (χ4n) is 5.25. The Labute approximate surface area is 232 Å². The Hall–Kier alpha value is -3.22. The number of amides is 1. The van der Waals surface area contributed by atoms with Crippen LogP contribution in [0.5, 0.6) is 0 Å². The lowest BCUT2D eigenvalue weighted by atomic mass is 9.69. The Bertz CT molecular complexity index is 1520. The van der Waals surface area contributed by atoms with Crippen LogP contribution < -0.4 is 5.32 Å². The number of aromatic nitrogens is 1. The third-order valence-electron chi connectivity index (χ3n) is 8.00. The fraction of sp³-hybridized carbons (Fsp3) is 0.323. The Morgan fingerprint density at radius 2 is 1.89 bits per heavy atom. The normalized spacial score (nSPS) is 15.2. The van der Waals surface area contributed by atoms with Crippen LogP contribution in [0.25, 0.3) is 22.2 Å². The van der Waals surface area contributed by atoms with Crippen LogP contribution >= 0.6 is 22.9 Å². The van der Waals surface area contributed by atoms with Crippen LogP contribution in [0.3, 0.4) is 0 Å². The van der Waals surface area contributed by atoms with Gasteiger partial charge >= 0.3 is 5.97 Å². The number of fused-ring (bicyclic) bond motifs is 2. The van der Waals surface area contributed by atoms with Crippen LogP contribution in [-0.2, 0) is 17.6 Å². The van der Waals surface area contributed by atoms with Crippen LogP contribution in [0.4, 0.5) is 5.00 Å². The van der Waals surface area contributed by atoms with E-state index in [-0.39, 0.29) is 11.3 Å². The molecule has 5 nitrogen and oxygen atoms in total. The highest BCUT2D eigenvalue weighted by atomic mass is 35.5. The fourth-order valence-corrected chi connectivity index (χ4v) is 6.69. The minimum Gasteiger partial charge on any atom is -0.465 e. The highest BCUT2D eigenvalue weighted by Crippen LogP contribution is 2.46. The number of para-hydroxylation sites is 1. The van der Waals surface area contributed by atoms with Crippen molar-refractivity contribution >= 4 is 50.7 Å². The molecule has 0 saturated carbocycles. The van der Waals surface area contributed by atoms with Gasteiger partial charge in [0.2, 0.25) is 0 Å². The van der Waals surface area contributed by atoms with Gasteiger partial charge in [0.15, 0.2) is 0 Å². The van der Waals surface area contributed by atoms with Crippen LogP contribution in [0.15, 0.2) is 54.6 Å². The zero-order valence-electron chi connectivity index (χ0n) is 22.1. The molecule has 0 aliphatic heterocycles. The van der Waals surface area contributed by atoms with E-state index in [1.165, 1.54) is 23.3 Å². The van der Waals surface area contributed by atoms with Gasteiger partial charge in [-0.15, -0.1) is 11.3 Å². The number of esters is 1. The minimum atomic E-state index is -0.410. The van der Waals surface area contributed by atoms with Gasteiger partial charge in [0.05, 0.1) is 29.4 Å². The number of carbonyl (C=O) groups is 2. The van der Waals surface area contributed by atoms with E-state index >= 15 is 0 Å². The molecule has 196 valence electrons. The second-order valence-corrected chi connectivity index (χ2v) is 12.1. The molecule has 2 heterocycles. The quantitative estimate of drug-likeness (QED) is 0.247. The zero-order valence-corrected chi connectivity index (χ0v) is 23.6. The molecule has 2 aromatic heterocycles. The van der Waals surface area contributed by atoms with Gasteiger partial charge in [0.1, 0.15) is 5.00 Å². The lowest BCUT2D eigenvalue weighted by molar-refractivity contribution is 0.0600. The number of methoxy groups -OCH3 is 1. The molecule has 2 aromatic carbocycles. The predicted octanol–water partition coefficient (Wildman–Crippen LogP) is 8.20. The molecule has 38 heavy (non-hydrogen) atoms. The number of thiophene rings is 1. The minimum absolute atomic E-state index is 0.213. The monoisotopic (exact) mass is 546 g/mol. The summed E-state index contributed by atoms with van der Waals surface area (Å²) < 4.78 is 5.16. The smallest absolute Gasteiger partial charge is 0.341 e. The Balaban J connectivity index is 1.55. The summed E-state index contributed by atoms with van der Waals surface area (Å²) in [5.74, 6) is -0.167. The van der Waals surface area contributed by atoms with E-state index in [1.54, 1.807) is 18.2 Å². The molecule has 4 aromatic rings. The van der Waals surface area contributed by atoms with Gasteiger partial charge in [-0.3, -0.25) is 4.79 Å². The van der Waals surface area contributed by atoms with Crippen molar-refractivity contribution in [3.8, 4) is 11.3 Å². The van der Waals surface area contributed by atoms with E-state index in [9.17, 15) is 9.59 Å². The third kappa shape index (κ3) is 4.95. The third-order valence-corrected chi connectivity index (χ3v) is 9.42. The topological polar surface area (TPSA) is 68.3 Å². The van der Waals surface area contributed by atoms with Crippen molar-refractivity contribution in [3.63, 3.8) is 0 Å². The summed E-state index contributed by atoms with van der Waals surface area (Å²) in [7, 11) is 1.39. The average molecular weight is 547 g/mol. The zero-order chi connectivity index (χ0) is 27.0. The van der Waals surface area contributed by atoms with E-state index in [4.69, 9.17) is 21.3 Å². The first-order valence-electron chi connectivity index (χ1n) is 12.9. The lowest BCUT2D eigenvalue weighted by Gasteiger charge is -2.36. The summed E-state index contributed by atoms with van der Waals surface area (Å²) in [5, 5.41) is 5.01. The first-order chi connectivity index (χ1) is 18.2. The molecule has 0 saturated heterocycles. The number of rotatable bonds is 6. The van der Waals surface area contributed by atoms with Crippen LogP contribution in [0.2, 0.25) is 5.02 Å². The lowest BCUT2D eigenvalue weighted by Crippen LogP contribution is -2.28. The molecule has 5 rings (SSSR count). The highest BCUT2D eigenvalue weighted by molar-refractivity contribution is 7.17. The van der Waals surface area contributed by atoms with E-state index in [2.05, 4.69) is 26.1 Å². The van der Waals surface area contributed by atoms with Crippen molar-refractivity contribution < 1.29 is 14.3 Å². The Kier molecular flexibility index (Phi) is 7.30. The number of hydrogen-bond acceptors (Lipinski definition) is 5. The molecular weight excluding hydrogens is 516 g/mol. The van der Waals surface area contributed by atoms with Crippen molar-refractivity contribution in [2.24, 2.45) is 11.3 Å². The molecule has 7 heteroatoms. The average Bonchev–Trinajstić information content (AvgIpc) is 3.29. The Morgan fingerprint density at radius 1 is 1.16 bits per heavy atom. The number of ether oxygens (including phenoxy) is 1. The van der Waals surface area contributed by atoms with Crippen LogP contribution in [-0.4, -0.2) is 24.0 Å². The van der Waals surface area contributed by atoms with Gasteiger partial charge in [-0.25, -0.2) is 9.78 Å². The maximum atomic E-state index is 13.8. The first kappa shape index (κ1) is 26.4. The molecule has 0 fully saturated rings. The summed E-state index contributed by atoms with van der Waals surface area (Å²) in [6.45, 7) is 6.85. The number of pyridine rings is 1. The van der Waals surface area contributed by atoms with Crippen molar-refractivity contribution in [1.29, 1.82) is 0 Å². The molecule has 1 aliphatic rings. The number of hydrogen-bond donors (Lipinski definition) is 1. The summed E-state index contributed by atoms with van der Waals surface area (Å²) in [6.07, 6.45) is 3.82. The summed E-state index contributed by atoms with van der Waals surface area (Å²) in [4.78, 5) is 32.7. The number of halogens is 1. The van der Waals surface area contributed by atoms with Crippen LogP contribution in [0.1, 0.15) is 64.8 Å². The SMILES string of the molecule is CCC(C)(C)C1CCc2c(sc(NC(=O)c3cc(-c4ccc(Cl)cc4)nc4ccccc34)c2C(=O)OC)C1. The maximum absolute atomic E-state index is 13.8. The molecule has 1 aliphatic carbocycles. The molecule has 1 atom stereocenters. The van der Waals surface area contributed by atoms with Gasteiger partial charge in [-0.1, -0.05) is 69.1 Å².